The minimum Gasteiger partial charge on any atom is -0.308 e. The van der Waals surface area contributed by atoms with E-state index in [4.69, 9.17) is 4.98 Å². The Bertz CT molecular complexity index is 565. The van der Waals surface area contributed by atoms with Gasteiger partial charge in [0.1, 0.15) is 5.01 Å². The second kappa shape index (κ2) is 6.71. The highest BCUT2D eigenvalue weighted by Gasteiger charge is 2.18. The molecular weight excluding hydrogens is 276 g/mol. The summed E-state index contributed by atoms with van der Waals surface area (Å²) in [5.74, 6) is 0.708. The molecule has 0 radical (unpaired) electrons. The minimum absolute atomic E-state index is 0.470. The number of thiazole rings is 1. The quantitative estimate of drug-likeness (QED) is 0.875. The molecule has 21 heavy (non-hydrogen) atoms. The number of hydrogen-bond acceptors (Lipinski definition) is 3. The van der Waals surface area contributed by atoms with Crippen molar-refractivity contribution in [2.24, 2.45) is 5.92 Å². The fraction of sp³-hybridized carbons (Fsp3) is 0.500. The van der Waals surface area contributed by atoms with Crippen molar-refractivity contribution in [3.8, 4) is 11.3 Å². The largest absolute Gasteiger partial charge is 0.308 e. The van der Waals surface area contributed by atoms with E-state index in [1.807, 2.05) is 0 Å². The molecule has 1 atom stereocenters. The van der Waals surface area contributed by atoms with Crippen LogP contribution in [0.4, 0.5) is 0 Å². The minimum atomic E-state index is 0.470. The van der Waals surface area contributed by atoms with Gasteiger partial charge in [0.05, 0.1) is 11.7 Å². The van der Waals surface area contributed by atoms with Gasteiger partial charge in [-0.1, -0.05) is 44.5 Å². The second-order valence-electron chi connectivity index (χ2n) is 6.37. The lowest BCUT2D eigenvalue weighted by molar-refractivity contribution is 0.411. The zero-order chi connectivity index (χ0) is 14.7. The molecule has 0 aliphatic carbocycles. The molecule has 1 N–H and O–H groups in total. The van der Waals surface area contributed by atoms with Gasteiger partial charge in [-0.25, -0.2) is 4.98 Å². The van der Waals surface area contributed by atoms with Crippen LogP contribution >= 0.6 is 11.3 Å². The predicted molar refractivity (Wildman–Crippen MR) is 90.7 cm³/mol. The number of rotatable bonds is 4. The van der Waals surface area contributed by atoms with Gasteiger partial charge in [-0.05, 0) is 37.3 Å². The average molecular weight is 300 g/mol. The Hall–Kier alpha value is -1.19. The van der Waals surface area contributed by atoms with Crippen molar-refractivity contribution in [2.75, 3.05) is 6.54 Å². The third-order valence-electron chi connectivity index (χ3n) is 4.02. The van der Waals surface area contributed by atoms with Gasteiger partial charge in [0.2, 0.25) is 0 Å². The fourth-order valence-electron chi connectivity index (χ4n) is 2.93. The predicted octanol–water partition coefficient (Wildman–Crippen LogP) is 4.82. The first-order valence-electron chi connectivity index (χ1n) is 8.00. The van der Waals surface area contributed by atoms with Gasteiger partial charge in [-0.2, -0.15) is 0 Å². The van der Waals surface area contributed by atoms with E-state index in [2.05, 4.69) is 48.8 Å². The van der Waals surface area contributed by atoms with Crippen molar-refractivity contribution in [1.29, 1.82) is 0 Å². The molecule has 1 aromatic heterocycles. The molecule has 3 heteroatoms. The summed E-state index contributed by atoms with van der Waals surface area (Å²) in [5.41, 5.74) is 3.78. The summed E-state index contributed by atoms with van der Waals surface area (Å²) in [5, 5.41) is 7.02. The number of nitrogens with one attached hydrogen (secondary N) is 1. The molecule has 2 aromatic rings. The van der Waals surface area contributed by atoms with Crippen LogP contribution in [-0.4, -0.2) is 11.5 Å². The van der Waals surface area contributed by atoms with Crippen LogP contribution in [0.15, 0.2) is 29.6 Å². The van der Waals surface area contributed by atoms with Crippen LogP contribution in [0.3, 0.4) is 0 Å². The molecule has 1 aliphatic rings. The van der Waals surface area contributed by atoms with Crippen LogP contribution in [0.2, 0.25) is 0 Å². The van der Waals surface area contributed by atoms with Crippen molar-refractivity contribution in [1.82, 2.24) is 10.3 Å². The maximum absolute atomic E-state index is 4.85. The van der Waals surface area contributed by atoms with Crippen molar-refractivity contribution in [3.63, 3.8) is 0 Å². The van der Waals surface area contributed by atoms with E-state index in [1.54, 1.807) is 11.3 Å². The lowest BCUT2D eigenvalue weighted by atomic mass is 10.0. The molecule has 2 heterocycles. The summed E-state index contributed by atoms with van der Waals surface area (Å²) in [6, 6.07) is 9.38. The lowest BCUT2D eigenvalue weighted by Crippen LogP contribution is -2.26. The van der Waals surface area contributed by atoms with E-state index in [0.717, 1.165) is 18.7 Å². The molecule has 3 rings (SSSR count). The van der Waals surface area contributed by atoms with E-state index < -0.39 is 0 Å². The van der Waals surface area contributed by atoms with Gasteiger partial charge >= 0.3 is 0 Å². The first-order chi connectivity index (χ1) is 10.2. The summed E-state index contributed by atoms with van der Waals surface area (Å²) in [7, 11) is 0. The fourth-order valence-corrected chi connectivity index (χ4v) is 3.86. The van der Waals surface area contributed by atoms with Gasteiger partial charge in [-0.15, -0.1) is 11.3 Å². The van der Waals surface area contributed by atoms with Crippen LogP contribution in [0.25, 0.3) is 11.3 Å². The van der Waals surface area contributed by atoms with Crippen molar-refractivity contribution in [2.45, 2.75) is 45.6 Å². The first kappa shape index (κ1) is 14.7. The molecule has 0 saturated carbocycles. The molecule has 0 amide bonds. The van der Waals surface area contributed by atoms with Crippen LogP contribution in [0.1, 0.15) is 49.7 Å². The van der Waals surface area contributed by atoms with Crippen molar-refractivity contribution < 1.29 is 0 Å². The smallest absolute Gasteiger partial charge is 0.110 e. The van der Waals surface area contributed by atoms with Gasteiger partial charge in [-0.3, -0.25) is 0 Å². The molecule has 0 spiro atoms. The molecule has 1 fully saturated rings. The molecule has 0 bridgehead atoms. The summed E-state index contributed by atoms with van der Waals surface area (Å²) >= 11 is 1.79. The van der Waals surface area contributed by atoms with Gasteiger partial charge in [0.25, 0.3) is 0 Å². The Morgan fingerprint density at radius 1 is 1.24 bits per heavy atom. The number of benzene rings is 1. The first-order valence-corrected chi connectivity index (χ1v) is 8.88. The highest BCUT2D eigenvalue weighted by molar-refractivity contribution is 7.10. The maximum atomic E-state index is 4.85. The molecule has 1 saturated heterocycles. The van der Waals surface area contributed by atoms with E-state index in [0.29, 0.717) is 12.0 Å². The Morgan fingerprint density at radius 3 is 2.71 bits per heavy atom. The van der Waals surface area contributed by atoms with E-state index in [1.165, 1.54) is 35.4 Å². The molecule has 112 valence electrons. The average Bonchev–Trinajstić information content (AvgIpc) is 2.98. The molecule has 1 unspecified atom stereocenters. The van der Waals surface area contributed by atoms with Crippen LogP contribution in [0, 0.1) is 5.92 Å². The number of hydrogen-bond donors (Lipinski definition) is 1. The highest BCUT2D eigenvalue weighted by atomic mass is 32.1. The van der Waals surface area contributed by atoms with Gasteiger partial charge in [0.15, 0.2) is 0 Å². The van der Waals surface area contributed by atoms with Crippen molar-refractivity contribution >= 4 is 11.3 Å². The van der Waals surface area contributed by atoms with E-state index >= 15 is 0 Å². The topological polar surface area (TPSA) is 24.9 Å². The Morgan fingerprint density at radius 2 is 2.05 bits per heavy atom. The third kappa shape index (κ3) is 3.72. The summed E-state index contributed by atoms with van der Waals surface area (Å²) in [6.45, 7) is 5.65. The highest BCUT2D eigenvalue weighted by Crippen LogP contribution is 2.29. The van der Waals surface area contributed by atoms with E-state index in [9.17, 15) is 0 Å². The molecular formula is C18H24N2S. The standard InChI is InChI=1S/C18H24N2S/c1-13(2)11-14-6-8-15(9-7-14)17-12-21-18(20-17)16-5-3-4-10-19-16/h6-9,12-13,16,19H,3-5,10-11H2,1-2H3. The summed E-state index contributed by atoms with van der Waals surface area (Å²) in [6.07, 6.45) is 4.98. The lowest BCUT2D eigenvalue weighted by Gasteiger charge is -2.21. The Labute approximate surface area is 131 Å². The van der Waals surface area contributed by atoms with Gasteiger partial charge in [0, 0.05) is 10.9 Å². The summed E-state index contributed by atoms with van der Waals surface area (Å²) in [4.78, 5) is 4.85. The zero-order valence-corrected chi connectivity index (χ0v) is 13.7. The number of aromatic nitrogens is 1. The zero-order valence-electron chi connectivity index (χ0n) is 12.9. The van der Waals surface area contributed by atoms with Crippen LogP contribution in [0.5, 0.6) is 0 Å². The van der Waals surface area contributed by atoms with E-state index in [-0.39, 0.29) is 0 Å². The summed E-state index contributed by atoms with van der Waals surface area (Å²) < 4.78 is 0. The SMILES string of the molecule is CC(C)Cc1ccc(-c2csc(C3CCCCN3)n2)cc1. The third-order valence-corrected chi connectivity index (χ3v) is 4.98. The Kier molecular flexibility index (Phi) is 4.71. The normalized spacial score (nSPS) is 19.1. The molecule has 2 nitrogen and oxygen atoms in total. The number of nitrogens with zero attached hydrogens (tertiary/aromatic N) is 1. The molecule has 1 aliphatic heterocycles. The maximum Gasteiger partial charge on any atom is 0.110 e. The Balaban J connectivity index is 1.73. The monoisotopic (exact) mass is 300 g/mol. The van der Waals surface area contributed by atoms with Gasteiger partial charge < -0.3 is 5.32 Å². The van der Waals surface area contributed by atoms with Crippen LogP contribution in [-0.2, 0) is 6.42 Å². The number of piperidine rings is 1. The van der Waals surface area contributed by atoms with Crippen molar-refractivity contribution in [3.05, 3.63) is 40.2 Å². The molecule has 1 aromatic carbocycles. The second-order valence-corrected chi connectivity index (χ2v) is 7.26. The van der Waals surface area contributed by atoms with Crippen LogP contribution < -0.4 is 5.32 Å².